The van der Waals surface area contributed by atoms with E-state index in [1.165, 1.54) is 42.5 Å². The molecule has 2 aromatic carbocycles. The highest BCUT2D eigenvalue weighted by Gasteiger charge is 2.63. The van der Waals surface area contributed by atoms with Gasteiger partial charge in [-0.05, 0) is 17.7 Å². The SMILES string of the molecule is COC(C(=O)N[C@@H](C(=O)O)c1ccc(Cl)cc1)(c1ccccc1)C(F)(F)F. The van der Waals surface area contributed by atoms with E-state index in [0.717, 1.165) is 19.2 Å². The number of carboxylic acids is 1. The van der Waals surface area contributed by atoms with E-state index in [4.69, 9.17) is 11.6 Å². The molecule has 0 saturated carbocycles. The van der Waals surface area contributed by atoms with Crippen molar-refractivity contribution in [3.05, 3.63) is 70.7 Å². The zero-order chi connectivity index (χ0) is 20.2. The van der Waals surface area contributed by atoms with Gasteiger partial charge in [-0.1, -0.05) is 54.1 Å². The third-order valence-corrected chi connectivity index (χ3v) is 4.18. The van der Waals surface area contributed by atoms with Crippen LogP contribution >= 0.6 is 11.6 Å². The number of hydrogen-bond acceptors (Lipinski definition) is 3. The van der Waals surface area contributed by atoms with Crippen molar-refractivity contribution in [3.63, 3.8) is 0 Å². The number of carbonyl (C=O) groups is 2. The summed E-state index contributed by atoms with van der Waals surface area (Å²) in [6, 6.07) is 9.86. The number of aliphatic carboxylic acids is 1. The summed E-state index contributed by atoms with van der Waals surface area (Å²) in [5.74, 6) is -3.18. The topological polar surface area (TPSA) is 75.6 Å². The first-order valence-electron chi connectivity index (χ1n) is 7.60. The van der Waals surface area contributed by atoms with E-state index in [1.807, 2.05) is 5.32 Å². The molecule has 5 nitrogen and oxygen atoms in total. The Morgan fingerprint density at radius 1 is 1.07 bits per heavy atom. The maximum absolute atomic E-state index is 13.9. The second-order valence-electron chi connectivity index (χ2n) is 5.55. The number of ether oxygens (including phenoxy) is 1. The van der Waals surface area contributed by atoms with E-state index >= 15 is 0 Å². The van der Waals surface area contributed by atoms with Gasteiger partial charge in [0.15, 0.2) is 6.04 Å². The van der Waals surface area contributed by atoms with Crippen LogP contribution in [0.2, 0.25) is 5.02 Å². The molecule has 0 spiro atoms. The van der Waals surface area contributed by atoms with Crippen molar-refractivity contribution >= 4 is 23.5 Å². The van der Waals surface area contributed by atoms with Crippen LogP contribution in [0.25, 0.3) is 0 Å². The molecule has 0 saturated heterocycles. The van der Waals surface area contributed by atoms with Crippen LogP contribution in [0.1, 0.15) is 17.2 Å². The van der Waals surface area contributed by atoms with E-state index in [2.05, 4.69) is 4.74 Å². The number of carboxylic acid groups (broad SMARTS) is 1. The number of amides is 1. The summed E-state index contributed by atoms with van der Waals surface area (Å²) in [4.78, 5) is 24.2. The molecule has 2 aromatic rings. The first kappa shape index (κ1) is 20.7. The summed E-state index contributed by atoms with van der Waals surface area (Å²) < 4.78 is 46.2. The lowest BCUT2D eigenvalue weighted by molar-refractivity contribution is -0.266. The largest absolute Gasteiger partial charge is 0.479 e. The maximum Gasteiger partial charge on any atom is 0.430 e. The number of benzene rings is 2. The van der Waals surface area contributed by atoms with Crippen LogP contribution in [0.5, 0.6) is 0 Å². The third kappa shape index (κ3) is 4.06. The minimum Gasteiger partial charge on any atom is -0.479 e. The van der Waals surface area contributed by atoms with Gasteiger partial charge in [-0.2, -0.15) is 13.2 Å². The molecule has 0 fully saturated rings. The predicted molar refractivity (Wildman–Crippen MR) is 91.2 cm³/mol. The lowest BCUT2D eigenvalue weighted by atomic mass is 9.91. The predicted octanol–water partition coefficient (Wildman–Crippen LogP) is 3.69. The number of hydrogen-bond donors (Lipinski definition) is 2. The molecule has 1 unspecified atom stereocenters. The van der Waals surface area contributed by atoms with Gasteiger partial charge in [0.25, 0.3) is 11.5 Å². The highest BCUT2D eigenvalue weighted by atomic mass is 35.5. The second-order valence-corrected chi connectivity index (χ2v) is 5.98. The molecule has 2 atom stereocenters. The van der Waals surface area contributed by atoms with E-state index < -0.39 is 35.3 Å². The molecular weight excluding hydrogens is 387 g/mol. The Kier molecular flexibility index (Phi) is 6.12. The monoisotopic (exact) mass is 401 g/mol. The van der Waals surface area contributed by atoms with Gasteiger partial charge < -0.3 is 15.2 Å². The van der Waals surface area contributed by atoms with Crippen LogP contribution in [0.15, 0.2) is 54.6 Å². The van der Waals surface area contributed by atoms with Gasteiger partial charge in [-0.15, -0.1) is 0 Å². The standard InChI is InChI=1S/C18H15ClF3NO4/c1-27-17(18(20,21)22,12-5-3-2-4-6-12)16(26)23-14(15(24)25)11-7-9-13(19)10-8-11/h2-10,14H,1H3,(H,23,26)(H,24,25)/t14-,17?/m1/s1. The summed E-state index contributed by atoms with van der Waals surface area (Å²) in [6.45, 7) is 0. The molecule has 0 aromatic heterocycles. The number of carbonyl (C=O) groups excluding carboxylic acids is 1. The molecule has 2 N–H and O–H groups in total. The molecule has 0 radical (unpaired) electrons. The number of methoxy groups -OCH3 is 1. The van der Waals surface area contributed by atoms with Crippen LogP contribution in [0.4, 0.5) is 13.2 Å². The molecule has 0 aliphatic heterocycles. The third-order valence-electron chi connectivity index (χ3n) is 3.93. The number of nitrogens with one attached hydrogen (secondary N) is 1. The number of alkyl halides is 3. The minimum atomic E-state index is -5.14. The fraction of sp³-hybridized carbons (Fsp3) is 0.222. The zero-order valence-electron chi connectivity index (χ0n) is 14.0. The summed E-state index contributed by atoms with van der Waals surface area (Å²) >= 11 is 5.73. The highest BCUT2D eigenvalue weighted by molar-refractivity contribution is 6.30. The van der Waals surface area contributed by atoms with Crippen molar-refractivity contribution < 1.29 is 32.6 Å². The van der Waals surface area contributed by atoms with Gasteiger partial charge in [0, 0.05) is 17.7 Å². The van der Waals surface area contributed by atoms with Gasteiger partial charge in [0.2, 0.25) is 0 Å². The van der Waals surface area contributed by atoms with Gasteiger partial charge in [0.1, 0.15) is 0 Å². The Hall–Kier alpha value is -2.58. The van der Waals surface area contributed by atoms with Crippen LogP contribution in [0, 0.1) is 0 Å². The minimum absolute atomic E-state index is 0.0560. The quantitative estimate of drug-likeness (QED) is 0.774. The highest BCUT2D eigenvalue weighted by Crippen LogP contribution is 2.42. The molecule has 0 heterocycles. The van der Waals surface area contributed by atoms with E-state index in [0.29, 0.717) is 5.02 Å². The van der Waals surface area contributed by atoms with E-state index in [9.17, 15) is 27.9 Å². The molecule has 0 bridgehead atoms. The first-order chi connectivity index (χ1) is 12.6. The lowest BCUT2D eigenvalue weighted by Crippen LogP contribution is -2.56. The second kappa shape index (κ2) is 7.98. The maximum atomic E-state index is 13.9. The summed E-state index contributed by atoms with van der Waals surface area (Å²) in [5, 5.41) is 11.6. The molecule has 0 aliphatic carbocycles. The molecule has 27 heavy (non-hydrogen) atoms. The Bertz CT molecular complexity index is 812. The fourth-order valence-electron chi connectivity index (χ4n) is 2.60. The number of rotatable bonds is 6. The molecule has 144 valence electrons. The summed E-state index contributed by atoms with van der Waals surface area (Å²) in [6.07, 6.45) is -5.14. The Balaban J connectivity index is 2.48. The van der Waals surface area contributed by atoms with E-state index in [-0.39, 0.29) is 5.56 Å². The van der Waals surface area contributed by atoms with Gasteiger partial charge in [-0.25, -0.2) is 4.79 Å². The normalized spacial score (nSPS) is 14.9. The van der Waals surface area contributed by atoms with Crippen molar-refractivity contribution in [2.75, 3.05) is 7.11 Å². The summed E-state index contributed by atoms with van der Waals surface area (Å²) in [7, 11) is 0.734. The van der Waals surface area contributed by atoms with Crippen LogP contribution < -0.4 is 5.32 Å². The summed E-state index contributed by atoms with van der Waals surface area (Å²) in [5.41, 5.74) is -3.78. The Morgan fingerprint density at radius 2 is 1.63 bits per heavy atom. The van der Waals surface area contributed by atoms with Gasteiger partial charge in [-0.3, -0.25) is 4.79 Å². The van der Waals surface area contributed by atoms with Gasteiger partial charge >= 0.3 is 12.1 Å². The van der Waals surface area contributed by atoms with E-state index in [1.54, 1.807) is 0 Å². The average molecular weight is 402 g/mol. The van der Waals surface area contributed by atoms with Crippen molar-refractivity contribution in [1.82, 2.24) is 5.32 Å². The first-order valence-corrected chi connectivity index (χ1v) is 7.98. The smallest absolute Gasteiger partial charge is 0.430 e. The molecule has 0 aliphatic rings. The van der Waals surface area contributed by atoms with Crippen molar-refractivity contribution in [3.8, 4) is 0 Å². The average Bonchev–Trinajstić information content (AvgIpc) is 2.61. The van der Waals surface area contributed by atoms with Crippen LogP contribution in [0.3, 0.4) is 0 Å². The van der Waals surface area contributed by atoms with Crippen LogP contribution in [-0.2, 0) is 19.9 Å². The fourth-order valence-corrected chi connectivity index (χ4v) is 2.72. The Labute approximate surface area is 157 Å². The van der Waals surface area contributed by atoms with Crippen molar-refractivity contribution in [2.24, 2.45) is 0 Å². The van der Waals surface area contributed by atoms with Gasteiger partial charge in [0.05, 0.1) is 0 Å². The Morgan fingerprint density at radius 3 is 2.07 bits per heavy atom. The lowest BCUT2D eigenvalue weighted by Gasteiger charge is -2.34. The zero-order valence-corrected chi connectivity index (χ0v) is 14.7. The molecule has 9 heteroatoms. The molecule has 2 rings (SSSR count). The van der Waals surface area contributed by atoms with Crippen molar-refractivity contribution in [1.29, 1.82) is 0 Å². The molecule has 1 amide bonds. The number of halogens is 4. The van der Waals surface area contributed by atoms with Crippen molar-refractivity contribution in [2.45, 2.75) is 17.8 Å². The van der Waals surface area contributed by atoms with Crippen LogP contribution in [-0.4, -0.2) is 30.3 Å². The molecular formula is C18H15ClF3NO4.